The number of carbonyl (C=O) groups is 2. The summed E-state index contributed by atoms with van der Waals surface area (Å²) >= 11 is 0. The quantitative estimate of drug-likeness (QED) is 0.776. The second-order valence-corrected chi connectivity index (χ2v) is 7.67. The van der Waals surface area contributed by atoms with E-state index in [4.69, 9.17) is 4.74 Å². The molecule has 1 atom stereocenters. The van der Waals surface area contributed by atoms with E-state index in [1.807, 2.05) is 25.7 Å². The van der Waals surface area contributed by atoms with Crippen molar-refractivity contribution in [3.05, 3.63) is 0 Å². The summed E-state index contributed by atoms with van der Waals surface area (Å²) in [6, 6.07) is 0. The maximum absolute atomic E-state index is 12.5. The maximum Gasteiger partial charge on any atom is 0.410 e. The number of amides is 2. The van der Waals surface area contributed by atoms with Gasteiger partial charge in [0.2, 0.25) is 5.91 Å². The molecule has 0 N–H and O–H groups in total. The van der Waals surface area contributed by atoms with Crippen molar-refractivity contribution >= 4 is 12.0 Å². The van der Waals surface area contributed by atoms with Crippen molar-refractivity contribution in [3.8, 4) is 0 Å². The lowest BCUT2D eigenvalue weighted by Crippen LogP contribution is -2.46. The molecule has 0 saturated carbocycles. The van der Waals surface area contributed by atoms with Crippen molar-refractivity contribution in [1.82, 2.24) is 9.80 Å². The van der Waals surface area contributed by atoms with E-state index in [9.17, 15) is 9.59 Å². The van der Waals surface area contributed by atoms with E-state index in [-0.39, 0.29) is 17.9 Å². The van der Waals surface area contributed by atoms with Gasteiger partial charge < -0.3 is 14.5 Å². The summed E-state index contributed by atoms with van der Waals surface area (Å²) in [6.45, 7) is 12.0. The second kappa shape index (κ2) is 8.55. The number of likely N-dealkylation sites (tertiary alicyclic amines) is 1. The van der Waals surface area contributed by atoms with E-state index >= 15 is 0 Å². The molecule has 1 unspecified atom stereocenters. The molecule has 1 aliphatic rings. The SMILES string of the molecule is CCC(CC)C(=O)N1CCCC(CN(C)C(=O)OC(C)(C)C)C1. The minimum absolute atomic E-state index is 0.136. The van der Waals surface area contributed by atoms with Crippen LogP contribution < -0.4 is 0 Å². The molecular formula is C18H34N2O3. The van der Waals surface area contributed by atoms with Gasteiger partial charge in [0.05, 0.1) is 0 Å². The smallest absolute Gasteiger partial charge is 0.410 e. The highest BCUT2D eigenvalue weighted by atomic mass is 16.6. The zero-order chi connectivity index (χ0) is 17.6. The number of nitrogens with zero attached hydrogens (tertiary/aromatic N) is 2. The van der Waals surface area contributed by atoms with Gasteiger partial charge in [-0.2, -0.15) is 0 Å². The van der Waals surface area contributed by atoms with Crippen molar-refractivity contribution in [1.29, 1.82) is 0 Å². The first-order valence-electron chi connectivity index (χ1n) is 8.90. The fourth-order valence-corrected chi connectivity index (χ4v) is 3.11. The second-order valence-electron chi connectivity index (χ2n) is 7.67. The molecule has 0 radical (unpaired) electrons. The highest BCUT2D eigenvalue weighted by Crippen LogP contribution is 2.22. The topological polar surface area (TPSA) is 49.9 Å². The van der Waals surface area contributed by atoms with Gasteiger partial charge in [0.15, 0.2) is 0 Å². The Morgan fingerprint density at radius 2 is 1.87 bits per heavy atom. The Morgan fingerprint density at radius 1 is 1.26 bits per heavy atom. The van der Waals surface area contributed by atoms with Crippen LogP contribution in [0.1, 0.15) is 60.3 Å². The standard InChI is InChI=1S/C18H34N2O3/c1-7-15(8-2)16(21)20-11-9-10-14(13-20)12-19(6)17(22)23-18(3,4)5/h14-15H,7-13H2,1-6H3. The molecule has 0 spiro atoms. The third-order valence-corrected chi connectivity index (χ3v) is 4.40. The minimum Gasteiger partial charge on any atom is -0.444 e. The molecule has 0 aromatic rings. The molecular weight excluding hydrogens is 292 g/mol. The molecule has 1 fully saturated rings. The number of piperidine rings is 1. The molecule has 134 valence electrons. The van der Waals surface area contributed by atoms with Crippen LogP contribution in [0, 0.1) is 11.8 Å². The first-order valence-corrected chi connectivity index (χ1v) is 8.90. The molecule has 5 nitrogen and oxygen atoms in total. The summed E-state index contributed by atoms with van der Waals surface area (Å²) in [5, 5.41) is 0. The molecule has 5 heteroatoms. The summed E-state index contributed by atoms with van der Waals surface area (Å²) < 4.78 is 5.39. The molecule has 0 aromatic heterocycles. The normalized spacial score (nSPS) is 18.9. The third-order valence-electron chi connectivity index (χ3n) is 4.40. The van der Waals surface area contributed by atoms with Gasteiger partial charge in [0.25, 0.3) is 0 Å². The maximum atomic E-state index is 12.5. The van der Waals surface area contributed by atoms with Crippen molar-refractivity contribution in [2.45, 2.75) is 65.9 Å². The van der Waals surface area contributed by atoms with Gasteiger partial charge in [-0.25, -0.2) is 4.79 Å². The van der Waals surface area contributed by atoms with Crippen molar-refractivity contribution in [2.24, 2.45) is 11.8 Å². The number of hydrogen-bond donors (Lipinski definition) is 0. The van der Waals surface area contributed by atoms with E-state index in [1.165, 1.54) is 0 Å². The fourth-order valence-electron chi connectivity index (χ4n) is 3.11. The van der Waals surface area contributed by atoms with E-state index in [0.29, 0.717) is 12.5 Å². The molecule has 0 aliphatic carbocycles. The van der Waals surface area contributed by atoms with Gasteiger partial charge in [0, 0.05) is 32.6 Å². The first kappa shape index (κ1) is 19.8. The predicted octanol–water partition coefficient (Wildman–Crippen LogP) is 3.53. The molecule has 0 bridgehead atoms. The largest absolute Gasteiger partial charge is 0.444 e. The average molecular weight is 326 g/mol. The highest BCUT2D eigenvalue weighted by Gasteiger charge is 2.29. The van der Waals surface area contributed by atoms with Gasteiger partial charge >= 0.3 is 6.09 Å². The average Bonchev–Trinajstić information content (AvgIpc) is 2.46. The van der Waals surface area contributed by atoms with Crippen LogP contribution in [0.2, 0.25) is 0 Å². The predicted molar refractivity (Wildman–Crippen MR) is 92.2 cm³/mol. The monoisotopic (exact) mass is 326 g/mol. The van der Waals surface area contributed by atoms with Crippen LogP contribution in [0.3, 0.4) is 0 Å². The van der Waals surface area contributed by atoms with E-state index in [2.05, 4.69) is 13.8 Å². The number of hydrogen-bond acceptors (Lipinski definition) is 3. The highest BCUT2D eigenvalue weighted by molar-refractivity contribution is 5.78. The Morgan fingerprint density at radius 3 is 2.39 bits per heavy atom. The Balaban J connectivity index is 2.55. The summed E-state index contributed by atoms with van der Waals surface area (Å²) in [4.78, 5) is 28.2. The van der Waals surface area contributed by atoms with Crippen LogP contribution in [-0.2, 0) is 9.53 Å². The van der Waals surface area contributed by atoms with Crippen LogP contribution in [0.4, 0.5) is 4.79 Å². The van der Waals surface area contributed by atoms with E-state index < -0.39 is 5.60 Å². The molecule has 1 saturated heterocycles. The lowest BCUT2D eigenvalue weighted by atomic mass is 9.94. The fraction of sp³-hybridized carbons (Fsp3) is 0.889. The molecule has 1 rings (SSSR count). The summed E-state index contributed by atoms with van der Waals surface area (Å²) in [7, 11) is 1.77. The van der Waals surface area contributed by atoms with Crippen LogP contribution in [-0.4, -0.2) is 54.1 Å². The molecule has 1 aliphatic heterocycles. The Labute approximate surface area is 141 Å². The van der Waals surface area contributed by atoms with Gasteiger partial charge in [-0.05, 0) is 52.4 Å². The van der Waals surface area contributed by atoms with Gasteiger partial charge in [-0.1, -0.05) is 13.8 Å². The van der Waals surface area contributed by atoms with Crippen molar-refractivity contribution < 1.29 is 14.3 Å². The van der Waals surface area contributed by atoms with Crippen molar-refractivity contribution in [3.63, 3.8) is 0 Å². The lowest BCUT2D eigenvalue weighted by Gasteiger charge is -2.36. The Kier molecular flexibility index (Phi) is 7.36. The Bertz CT molecular complexity index is 400. The zero-order valence-electron chi connectivity index (χ0n) is 15.7. The zero-order valence-corrected chi connectivity index (χ0v) is 15.7. The van der Waals surface area contributed by atoms with Gasteiger partial charge in [-0.3, -0.25) is 4.79 Å². The Hall–Kier alpha value is -1.26. The molecule has 2 amide bonds. The molecule has 1 heterocycles. The van der Waals surface area contributed by atoms with E-state index in [0.717, 1.165) is 38.8 Å². The lowest BCUT2D eigenvalue weighted by molar-refractivity contribution is -0.137. The number of rotatable bonds is 5. The van der Waals surface area contributed by atoms with E-state index in [1.54, 1.807) is 11.9 Å². The number of carbonyl (C=O) groups excluding carboxylic acids is 2. The summed E-state index contributed by atoms with van der Waals surface area (Å²) in [6.07, 6.45) is 3.57. The molecule has 0 aromatic carbocycles. The van der Waals surface area contributed by atoms with Crippen LogP contribution >= 0.6 is 0 Å². The van der Waals surface area contributed by atoms with Crippen molar-refractivity contribution in [2.75, 3.05) is 26.7 Å². The van der Waals surface area contributed by atoms with Gasteiger partial charge in [-0.15, -0.1) is 0 Å². The van der Waals surface area contributed by atoms with Crippen LogP contribution in [0.25, 0.3) is 0 Å². The summed E-state index contributed by atoms with van der Waals surface area (Å²) in [5.41, 5.74) is -0.477. The minimum atomic E-state index is -0.477. The van der Waals surface area contributed by atoms with Gasteiger partial charge in [0.1, 0.15) is 5.60 Å². The summed E-state index contributed by atoms with van der Waals surface area (Å²) in [5.74, 6) is 0.747. The molecule has 23 heavy (non-hydrogen) atoms. The number of ether oxygens (including phenoxy) is 1. The third kappa shape index (κ3) is 6.40. The first-order chi connectivity index (χ1) is 10.7. The van der Waals surface area contributed by atoms with Crippen LogP contribution in [0.15, 0.2) is 0 Å². The van der Waals surface area contributed by atoms with Crippen LogP contribution in [0.5, 0.6) is 0 Å².